The van der Waals surface area contributed by atoms with E-state index < -0.39 is 0 Å². The SMILES string of the molecule is O=C(C[C@H]1C=CCC1)Nc1ccc2c(c1)Cc1ccccc1-2. The third-order valence-corrected chi connectivity index (χ3v) is 4.64. The molecule has 2 aliphatic carbocycles. The maximum Gasteiger partial charge on any atom is 0.224 e. The number of hydrogen-bond donors (Lipinski definition) is 1. The Bertz CT molecular complexity index is 760. The van der Waals surface area contributed by atoms with Crippen LogP contribution in [0.25, 0.3) is 11.1 Å². The molecule has 2 heteroatoms. The molecule has 0 saturated carbocycles. The van der Waals surface area contributed by atoms with E-state index in [2.05, 4.69) is 53.9 Å². The van der Waals surface area contributed by atoms with Crippen LogP contribution in [0.5, 0.6) is 0 Å². The maximum atomic E-state index is 12.1. The van der Waals surface area contributed by atoms with Gasteiger partial charge < -0.3 is 5.32 Å². The first-order chi connectivity index (χ1) is 10.8. The molecule has 2 aliphatic rings. The van der Waals surface area contributed by atoms with Crippen molar-refractivity contribution in [3.05, 3.63) is 65.7 Å². The van der Waals surface area contributed by atoms with Crippen LogP contribution in [0.4, 0.5) is 5.69 Å². The minimum absolute atomic E-state index is 0.118. The molecule has 0 radical (unpaired) electrons. The Labute approximate surface area is 130 Å². The fourth-order valence-corrected chi connectivity index (χ4v) is 3.54. The lowest BCUT2D eigenvalue weighted by Gasteiger charge is -2.10. The van der Waals surface area contributed by atoms with Gasteiger partial charge in [-0.15, -0.1) is 0 Å². The van der Waals surface area contributed by atoms with Gasteiger partial charge >= 0.3 is 0 Å². The van der Waals surface area contributed by atoms with Crippen LogP contribution in [0.1, 0.15) is 30.4 Å². The highest BCUT2D eigenvalue weighted by Crippen LogP contribution is 2.37. The zero-order valence-electron chi connectivity index (χ0n) is 12.5. The summed E-state index contributed by atoms with van der Waals surface area (Å²) in [4.78, 5) is 12.1. The van der Waals surface area contributed by atoms with Crippen molar-refractivity contribution in [2.75, 3.05) is 5.32 Å². The van der Waals surface area contributed by atoms with Crippen molar-refractivity contribution in [2.24, 2.45) is 5.92 Å². The molecule has 0 unspecified atom stereocenters. The molecule has 0 saturated heterocycles. The topological polar surface area (TPSA) is 29.1 Å². The number of rotatable bonds is 3. The Kier molecular flexibility index (Phi) is 3.30. The van der Waals surface area contributed by atoms with Gasteiger partial charge in [-0.2, -0.15) is 0 Å². The number of nitrogens with one attached hydrogen (secondary N) is 1. The highest BCUT2D eigenvalue weighted by Gasteiger charge is 2.19. The van der Waals surface area contributed by atoms with Crippen molar-refractivity contribution in [1.82, 2.24) is 0 Å². The molecule has 0 heterocycles. The average molecular weight is 289 g/mol. The third kappa shape index (κ3) is 2.45. The zero-order valence-corrected chi connectivity index (χ0v) is 12.5. The van der Waals surface area contributed by atoms with E-state index >= 15 is 0 Å². The Balaban J connectivity index is 1.50. The van der Waals surface area contributed by atoms with Gasteiger partial charge in [0.15, 0.2) is 0 Å². The van der Waals surface area contributed by atoms with Gasteiger partial charge in [0.25, 0.3) is 0 Å². The molecule has 2 aromatic carbocycles. The smallest absolute Gasteiger partial charge is 0.224 e. The second kappa shape index (κ2) is 5.45. The standard InChI is InChI=1S/C20H19NO/c22-20(11-14-5-1-2-6-14)21-17-9-10-19-16(13-17)12-15-7-3-4-8-18(15)19/h1,3-5,7-10,13-14H,2,6,11-12H2,(H,21,22)/t14-/m0/s1. The van der Waals surface area contributed by atoms with Crippen molar-refractivity contribution in [3.63, 3.8) is 0 Å². The number of amides is 1. The predicted molar refractivity (Wildman–Crippen MR) is 89.8 cm³/mol. The fourth-order valence-electron chi connectivity index (χ4n) is 3.54. The Hall–Kier alpha value is -2.35. The number of carbonyl (C=O) groups is 1. The van der Waals surface area contributed by atoms with E-state index in [0.29, 0.717) is 12.3 Å². The Morgan fingerprint density at radius 1 is 1.09 bits per heavy atom. The molecule has 1 atom stereocenters. The van der Waals surface area contributed by atoms with Crippen LogP contribution < -0.4 is 5.32 Å². The van der Waals surface area contributed by atoms with Gasteiger partial charge in [0.1, 0.15) is 0 Å². The van der Waals surface area contributed by atoms with Crippen molar-refractivity contribution in [3.8, 4) is 11.1 Å². The monoisotopic (exact) mass is 289 g/mol. The van der Waals surface area contributed by atoms with Crippen LogP contribution in [0, 0.1) is 5.92 Å². The zero-order chi connectivity index (χ0) is 14.9. The number of allylic oxidation sites excluding steroid dienone is 2. The number of anilines is 1. The molecular weight excluding hydrogens is 270 g/mol. The van der Waals surface area contributed by atoms with Crippen LogP contribution in [0.2, 0.25) is 0 Å². The van der Waals surface area contributed by atoms with Gasteiger partial charge in [-0.05, 0) is 59.6 Å². The average Bonchev–Trinajstić information content (AvgIpc) is 3.13. The first-order valence-corrected chi connectivity index (χ1v) is 7.97. The maximum absolute atomic E-state index is 12.1. The Morgan fingerprint density at radius 2 is 1.95 bits per heavy atom. The van der Waals surface area contributed by atoms with Gasteiger partial charge in [0.2, 0.25) is 5.91 Å². The lowest BCUT2D eigenvalue weighted by Crippen LogP contribution is -2.14. The molecule has 4 rings (SSSR count). The number of fused-ring (bicyclic) bond motifs is 3. The van der Waals surface area contributed by atoms with Crippen LogP contribution in [-0.4, -0.2) is 5.91 Å². The van der Waals surface area contributed by atoms with Crippen molar-refractivity contribution in [2.45, 2.75) is 25.7 Å². The minimum atomic E-state index is 0.118. The number of hydrogen-bond acceptors (Lipinski definition) is 1. The van der Waals surface area contributed by atoms with E-state index in [9.17, 15) is 4.79 Å². The summed E-state index contributed by atoms with van der Waals surface area (Å²) in [6, 6.07) is 14.8. The molecule has 0 aliphatic heterocycles. The lowest BCUT2D eigenvalue weighted by atomic mass is 10.0. The summed E-state index contributed by atoms with van der Waals surface area (Å²) >= 11 is 0. The van der Waals surface area contributed by atoms with E-state index in [-0.39, 0.29) is 5.91 Å². The lowest BCUT2D eigenvalue weighted by molar-refractivity contribution is -0.116. The summed E-state index contributed by atoms with van der Waals surface area (Å²) in [6.07, 6.45) is 8.10. The van der Waals surface area contributed by atoms with E-state index in [4.69, 9.17) is 0 Å². The van der Waals surface area contributed by atoms with Crippen molar-refractivity contribution in [1.29, 1.82) is 0 Å². The summed E-state index contributed by atoms with van der Waals surface area (Å²) in [5, 5.41) is 3.05. The van der Waals surface area contributed by atoms with Crippen LogP contribution in [0.15, 0.2) is 54.6 Å². The van der Waals surface area contributed by atoms with E-state index in [1.807, 2.05) is 6.07 Å². The molecule has 2 aromatic rings. The predicted octanol–water partition coefficient (Wildman–Crippen LogP) is 4.55. The van der Waals surface area contributed by atoms with Gasteiger partial charge in [0, 0.05) is 12.1 Å². The molecule has 1 N–H and O–H groups in total. The van der Waals surface area contributed by atoms with E-state index in [0.717, 1.165) is 24.9 Å². The van der Waals surface area contributed by atoms with Gasteiger partial charge in [-0.1, -0.05) is 42.5 Å². The van der Waals surface area contributed by atoms with Crippen LogP contribution >= 0.6 is 0 Å². The van der Waals surface area contributed by atoms with Gasteiger partial charge in [-0.3, -0.25) is 4.79 Å². The number of benzene rings is 2. The summed E-state index contributed by atoms with van der Waals surface area (Å²) in [6.45, 7) is 0. The molecule has 0 bridgehead atoms. The van der Waals surface area contributed by atoms with E-state index in [1.165, 1.54) is 22.3 Å². The minimum Gasteiger partial charge on any atom is -0.326 e. The molecule has 0 fully saturated rings. The normalized spacial score (nSPS) is 18.1. The first kappa shape index (κ1) is 13.3. The molecule has 0 spiro atoms. The molecule has 2 nitrogen and oxygen atoms in total. The third-order valence-electron chi connectivity index (χ3n) is 4.64. The molecule has 110 valence electrons. The Morgan fingerprint density at radius 3 is 2.82 bits per heavy atom. The molecule has 1 amide bonds. The van der Waals surface area contributed by atoms with Crippen LogP contribution in [-0.2, 0) is 11.2 Å². The molecular formula is C20H19NO. The quantitative estimate of drug-likeness (QED) is 0.704. The summed E-state index contributed by atoms with van der Waals surface area (Å²) in [7, 11) is 0. The summed E-state index contributed by atoms with van der Waals surface area (Å²) in [5.41, 5.74) is 6.22. The van der Waals surface area contributed by atoms with E-state index in [1.54, 1.807) is 0 Å². The second-order valence-corrected chi connectivity index (χ2v) is 6.22. The van der Waals surface area contributed by atoms with Crippen molar-refractivity contribution >= 4 is 11.6 Å². The molecule has 0 aromatic heterocycles. The largest absolute Gasteiger partial charge is 0.326 e. The van der Waals surface area contributed by atoms with Crippen molar-refractivity contribution < 1.29 is 4.79 Å². The molecule has 22 heavy (non-hydrogen) atoms. The van der Waals surface area contributed by atoms with Gasteiger partial charge in [-0.25, -0.2) is 0 Å². The van der Waals surface area contributed by atoms with Crippen LogP contribution in [0.3, 0.4) is 0 Å². The summed E-state index contributed by atoms with van der Waals surface area (Å²) in [5.74, 6) is 0.533. The first-order valence-electron chi connectivity index (χ1n) is 7.97. The highest BCUT2D eigenvalue weighted by atomic mass is 16.1. The highest BCUT2D eigenvalue weighted by molar-refractivity contribution is 5.92. The number of carbonyl (C=O) groups excluding carboxylic acids is 1. The summed E-state index contributed by atoms with van der Waals surface area (Å²) < 4.78 is 0. The van der Waals surface area contributed by atoms with Gasteiger partial charge in [0.05, 0.1) is 0 Å². The second-order valence-electron chi connectivity index (χ2n) is 6.22. The fraction of sp³-hybridized carbons (Fsp3) is 0.250.